The average molecular weight is 341 g/mol. The standard InChI is InChI=1S/C20H23NO4/c1-13-8-9-17(16(4)10-13)24-12-19(23)25-11-18(22)21-20-14(2)6-5-7-15(20)3/h5-10H,11-12H2,1-4H3,(H,21,22). The van der Waals surface area contributed by atoms with Gasteiger partial charge in [0.1, 0.15) is 5.75 Å². The van der Waals surface area contributed by atoms with E-state index >= 15 is 0 Å². The molecule has 0 aliphatic rings. The van der Waals surface area contributed by atoms with Crippen molar-refractivity contribution in [1.82, 2.24) is 0 Å². The normalized spacial score (nSPS) is 10.2. The van der Waals surface area contributed by atoms with Gasteiger partial charge in [-0.05, 0) is 50.5 Å². The number of hydrogen-bond acceptors (Lipinski definition) is 4. The van der Waals surface area contributed by atoms with E-state index in [-0.39, 0.29) is 19.1 Å². The molecular formula is C20H23NO4. The van der Waals surface area contributed by atoms with Crippen LogP contribution in [-0.4, -0.2) is 25.1 Å². The van der Waals surface area contributed by atoms with Gasteiger partial charge in [0, 0.05) is 5.69 Å². The second kappa shape index (κ2) is 8.33. The van der Waals surface area contributed by atoms with Crippen LogP contribution in [0.1, 0.15) is 22.3 Å². The minimum absolute atomic E-state index is 0.236. The fourth-order valence-electron chi connectivity index (χ4n) is 2.47. The zero-order valence-corrected chi connectivity index (χ0v) is 15.0. The summed E-state index contributed by atoms with van der Waals surface area (Å²) in [6, 6.07) is 11.4. The lowest BCUT2D eigenvalue weighted by Crippen LogP contribution is -2.24. The molecule has 2 rings (SSSR count). The van der Waals surface area contributed by atoms with Gasteiger partial charge in [-0.15, -0.1) is 0 Å². The molecule has 5 nitrogen and oxygen atoms in total. The van der Waals surface area contributed by atoms with Gasteiger partial charge in [-0.3, -0.25) is 4.79 Å². The Morgan fingerprint density at radius 2 is 1.60 bits per heavy atom. The van der Waals surface area contributed by atoms with Crippen LogP contribution in [0.25, 0.3) is 0 Å². The average Bonchev–Trinajstić information content (AvgIpc) is 2.55. The molecule has 0 unspecified atom stereocenters. The Balaban J connectivity index is 1.80. The molecule has 0 saturated carbocycles. The highest BCUT2D eigenvalue weighted by Gasteiger charge is 2.11. The fraction of sp³-hybridized carbons (Fsp3) is 0.300. The minimum atomic E-state index is -0.586. The monoisotopic (exact) mass is 341 g/mol. The molecule has 0 fully saturated rings. The number of benzene rings is 2. The van der Waals surface area contributed by atoms with Gasteiger partial charge < -0.3 is 14.8 Å². The molecule has 0 radical (unpaired) electrons. The highest BCUT2D eigenvalue weighted by Crippen LogP contribution is 2.20. The summed E-state index contributed by atoms with van der Waals surface area (Å²) in [5, 5.41) is 2.77. The Kier molecular flexibility index (Phi) is 6.17. The molecule has 0 aliphatic carbocycles. The van der Waals surface area contributed by atoms with Crippen LogP contribution in [0, 0.1) is 27.7 Å². The Morgan fingerprint density at radius 1 is 0.920 bits per heavy atom. The van der Waals surface area contributed by atoms with Crippen molar-refractivity contribution < 1.29 is 19.1 Å². The number of aryl methyl sites for hydroxylation is 4. The first-order chi connectivity index (χ1) is 11.9. The largest absolute Gasteiger partial charge is 0.482 e. The van der Waals surface area contributed by atoms with Gasteiger partial charge >= 0.3 is 5.97 Å². The molecule has 2 aromatic rings. The number of hydrogen-bond donors (Lipinski definition) is 1. The van der Waals surface area contributed by atoms with Crippen LogP contribution in [-0.2, 0) is 14.3 Å². The first-order valence-corrected chi connectivity index (χ1v) is 8.08. The summed E-state index contributed by atoms with van der Waals surface area (Å²) in [5.74, 6) is -0.337. The summed E-state index contributed by atoms with van der Waals surface area (Å²) in [6.45, 7) is 7.13. The number of anilines is 1. The molecule has 2 aromatic carbocycles. The third-order valence-electron chi connectivity index (χ3n) is 3.79. The highest BCUT2D eigenvalue weighted by atomic mass is 16.6. The van der Waals surface area contributed by atoms with E-state index in [0.717, 1.165) is 27.9 Å². The number of para-hydroxylation sites is 1. The number of nitrogens with one attached hydrogen (secondary N) is 1. The Labute approximate surface area is 148 Å². The molecule has 25 heavy (non-hydrogen) atoms. The third kappa shape index (κ3) is 5.35. The van der Waals surface area contributed by atoms with Gasteiger partial charge in [-0.2, -0.15) is 0 Å². The molecule has 1 N–H and O–H groups in total. The van der Waals surface area contributed by atoms with Crippen molar-refractivity contribution in [3.05, 3.63) is 58.7 Å². The molecule has 0 heterocycles. The Hall–Kier alpha value is -2.82. The van der Waals surface area contributed by atoms with Gasteiger partial charge in [0.2, 0.25) is 0 Å². The number of amides is 1. The quantitative estimate of drug-likeness (QED) is 0.817. The lowest BCUT2D eigenvalue weighted by atomic mass is 10.1. The lowest BCUT2D eigenvalue weighted by molar-refractivity contribution is -0.149. The summed E-state index contributed by atoms with van der Waals surface area (Å²) in [4.78, 5) is 23.7. The van der Waals surface area contributed by atoms with Crippen LogP contribution in [0.2, 0.25) is 0 Å². The maximum atomic E-state index is 12.0. The summed E-state index contributed by atoms with van der Waals surface area (Å²) >= 11 is 0. The van der Waals surface area contributed by atoms with Crippen LogP contribution in [0.5, 0.6) is 5.75 Å². The van der Waals surface area contributed by atoms with Gasteiger partial charge in [0.05, 0.1) is 0 Å². The predicted octanol–water partition coefficient (Wildman–Crippen LogP) is 3.48. The van der Waals surface area contributed by atoms with E-state index in [1.54, 1.807) is 0 Å². The van der Waals surface area contributed by atoms with Gasteiger partial charge in [0.15, 0.2) is 13.2 Å². The molecule has 0 atom stereocenters. The minimum Gasteiger partial charge on any atom is -0.482 e. The lowest BCUT2D eigenvalue weighted by Gasteiger charge is -2.12. The van der Waals surface area contributed by atoms with Gasteiger partial charge in [-0.25, -0.2) is 4.79 Å². The summed E-state index contributed by atoms with van der Waals surface area (Å²) < 4.78 is 10.4. The van der Waals surface area contributed by atoms with Gasteiger partial charge in [-0.1, -0.05) is 35.9 Å². The summed E-state index contributed by atoms with van der Waals surface area (Å²) in [5.41, 5.74) is 4.72. The van der Waals surface area contributed by atoms with Crippen LogP contribution < -0.4 is 10.1 Å². The van der Waals surface area contributed by atoms with Crippen molar-refractivity contribution in [1.29, 1.82) is 0 Å². The molecule has 0 saturated heterocycles. The molecule has 0 bridgehead atoms. The van der Waals surface area contributed by atoms with Crippen molar-refractivity contribution in [3.63, 3.8) is 0 Å². The van der Waals surface area contributed by atoms with Crippen molar-refractivity contribution in [2.45, 2.75) is 27.7 Å². The first kappa shape index (κ1) is 18.5. The number of ether oxygens (including phenoxy) is 2. The van der Waals surface area contributed by atoms with E-state index in [2.05, 4.69) is 5.32 Å². The first-order valence-electron chi connectivity index (χ1n) is 8.08. The number of carbonyl (C=O) groups excluding carboxylic acids is 2. The van der Waals surface area contributed by atoms with Crippen molar-refractivity contribution in [2.75, 3.05) is 18.5 Å². The molecular weight excluding hydrogens is 318 g/mol. The van der Waals surface area contributed by atoms with E-state index in [1.165, 1.54) is 0 Å². The predicted molar refractivity (Wildman–Crippen MR) is 96.9 cm³/mol. The zero-order valence-electron chi connectivity index (χ0n) is 15.0. The maximum absolute atomic E-state index is 12.0. The zero-order chi connectivity index (χ0) is 18.4. The van der Waals surface area contributed by atoms with Crippen LogP contribution in [0.4, 0.5) is 5.69 Å². The van der Waals surface area contributed by atoms with Crippen molar-refractivity contribution >= 4 is 17.6 Å². The number of carbonyl (C=O) groups is 2. The molecule has 5 heteroatoms. The van der Waals surface area contributed by atoms with Crippen LogP contribution in [0.3, 0.4) is 0 Å². The second-order valence-corrected chi connectivity index (χ2v) is 6.03. The van der Waals surface area contributed by atoms with Gasteiger partial charge in [0.25, 0.3) is 5.91 Å². The smallest absolute Gasteiger partial charge is 0.344 e. The second-order valence-electron chi connectivity index (χ2n) is 6.03. The number of esters is 1. The number of rotatable bonds is 6. The van der Waals surface area contributed by atoms with Crippen molar-refractivity contribution in [3.8, 4) is 5.75 Å². The summed E-state index contributed by atoms with van der Waals surface area (Å²) in [7, 11) is 0. The fourth-order valence-corrected chi connectivity index (χ4v) is 2.47. The maximum Gasteiger partial charge on any atom is 0.344 e. The SMILES string of the molecule is Cc1ccc(OCC(=O)OCC(=O)Nc2c(C)cccc2C)c(C)c1. The van der Waals surface area contributed by atoms with E-state index in [9.17, 15) is 9.59 Å². The Bertz CT molecular complexity index is 763. The van der Waals surface area contributed by atoms with E-state index in [0.29, 0.717) is 5.75 Å². The summed E-state index contributed by atoms with van der Waals surface area (Å²) in [6.07, 6.45) is 0. The molecule has 0 aliphatic heterocycles. The molecule has 1 amide bonds. The van der Waals surface area contributed by atoms with E-state index < -0.39 is 5.97 Å². The van der Waals surface area contributed by atoms with Crippen LogP contribution >= 0.6 is 0 Å². The molecule has 132 valence electrons. The third-order valence-corrected chi connectivity index (χ3v) is 3.79. The van der Waals surface area contributed by atoms with E-state index in [1.807, 2.05) is 64.1 Å². The van der Waals surface area contributed by atoms with Crippen LogP contribution in [0.15, 0.2) is 36.4 Å². The van der Waals surface area contributed by atoms with Crippen molar-refractivity contribution in [2.24, 2.45) is 0 Å². The molecule has 0 spiro atoms. The Morgan fingerprint density at radius 3 is 2.24 bits per heavy atom. The molecule has 0 aromatic heterocycles. The highest BCUT2D eigenvalue weighted by molar-refractivity contribution is 5.94. The topological polar surface area (TPSA) is 64.6 Å². The van der Waals surface area contributed by atoms with E-state index in [4.69, 9.17) is 9.47 Å².